The fourth-order valence-corrected chi connectivity index (χ4v) is 3.48. The second kappa shape index (κ2) is 11.0. The van der Waals surface area contributed by atoms with Gasteiger partial charge in [-0.3, -0.25) is 9.59 Å². The van der Waals surface area contributed by atoms with Gasteiger partial charge in [-0.2, -0.15) is 0 Å². The number of anilines is 2. The summed E-state index contributed by atoms with van der Waals surface area (Å²) < 4.78 is 0. The molecule has 0 fully saturated rings. The minimum atomic E-state index is -0.484. The molecule has 0 radical (unpaired) electrons. The van der Waals surface area contributed by atoms with Gasteiger partial charge in [0.25, 0.3) is 0 Å². The van der Waals surface area contributed by atoms with Crippen molar-refractivity contribution in [3.05, 3.63) is 96.1 Å². The van der Waals surface area contributed by atoms with Gasteiger partial charge in [0, 0.05) is 17.8 Å². The van der Waals surface area contributed by atoms with Crippen LogP contribution in [0.5, 0.6) is 0 Å². The second-order valence-electron chi connectivity index (χ2n) is 7.08. The van der Waals surface area contributed by atoms with Crippen molar-refractivity contribution in [3.63, 3.8) is 0 Å². The van der Waals surface area contributed by atoms with Crippen LogP contribution in [0.3, 0.4) is 0 Å². The average molecular weight is 432 g/mol. The Bertz CT molecular complexity index is 999. The first-order chi connectivity index (χ1) is 15.1. The van der Waals surface area contributed by atoms with Crippen LogP contribution in [0.1, 0.15) is 36.8 Å². The minimum absolute atomic E-state index is 0.0379. The molecular weight excluding hydrogens is 406 g/mol. The summed E-state index contributed by atoms with van der Waals surface area (Å²) in [6, 6.07) is 26.4. The molecule has 158 valence electrons. The fourth-order valence-electron chi connectivity index (χ4n) is 3.26. The van der Waals surface area contributed by atoms with Crippen LogP contribution in [0.2, 0.25) is 0 Å². The number of hydrogen-bond donors (Lipinski definition) is 3. The van der Waals surface area contributed by atoms with Gasteiger partial charge >= 0.3 is 0 Å². The third kappa shape index (κ3) is 6.49. The second-order valence-corrected chi connectivity index (χ2v) is 7.48. The molecule has 0 bridgehead atoms. The lowest BCUT2D eigenvalue weighted by Crippen LogP contribution is -2.37. The molecule has 3 rings (SSSR count). The third-order valence-corrected chi connectivity index (χ3v) is 4.85. The quantitative estimate of drug-likeness (QED) is 0.457. The van der Waals surface area contributed by atoms with Crippen LogP contribution >= 0.6 is 12.2 Å². The highest BCUT2D eigenvalue weighted by Gasteiger charge is 2.23. The van der Waals surface area contributed by atoms with E-state index < -0.39 is 5.92 Å². The lowest BCUT2D eigenvalue weighted by molar-refractivity contribution is -0.120. The molecule has 3 aromatic carbocycles. The Labute approximate surface area is 187 Å². The summed E-state index contributed by atoms with van der Waals surface area (Å²) in [6.07, 6.45) is 1.25. The summed E-state index contributed by atoms with van der Waals surface area (Å²) in [5.74, 6) is -0.742. The Morgan fingerprint density at radius 3 is 1.90 bits per heavy atom. The van der Waals surface area contributed by atoms with E-state index in [0.29, 0.717) is 17.8 Å². The number of nitrogens with one attached hydrogen (secondary N) is 3. The van der Waals surface area contributed by atoms with E-state index in [2.05, 4.69) is 16.0 Å². The van der Waals surface area contributed by atoms with Gasteiger partial charge in [-0.1, -0.05) is 73.7 Å². The maximum Gasteiger partial charge on any atom is 0.238 e. The first-order valence-electron chi connectivity index (χ1n) is 10.2. The van der Waals surface area contributed by atoms with Crippen LogP contribution in [0, 0.1) is 0 Å². The molecule has 0 atom stereocenters. The van der Waals surface area contributed by atoms with E-state index in [4.69, 9.17) is 12.2 Å². The highest BCUT2D eigenvalue weighted by atomic mass is 32.1. The Morgan fingerprint density at radius 1 is 0.806 bits per heavy atom. The molecule has 0 unspecified atom stereocenters. The lowest BCUT2D eigenvalue weighted by Gasteiger charge is -2.19. The fraction of sp³-hybridized carbons (Fsp3) is 0.160. The number of benzene rings is 3. The molecule has 0 aliphatic rings. The first kappa shape index (κ1) is 22.2. The molecule has 0 heterocycles. The zero-order valence-electron chi connectivity index (χ0n) is 17.3. The highest BCUT2D eigenvalue weighted by Crippen LogP contribution is 2.25. The van der Waals surface area contributed by atoms with Crippen molar-refractivity contribution in [2.24, 2.45) is 0 Å². The van der Waals surface area contributed by atoms with Gasteiger partial charge in [-0.05, 0) is 48.0 Å². The van der Waals surface area contributed by atoms with E-state index in [1.165, 1.54) is 0 Å². The van der Waals surface area contributed by atoms with Gasteiger partial charge in [0.15, 0.2) is 5.11 Å². The number of amides is 2. The SMILES string of the molecule is CCCC(=O)Nc1cccc(NC(=S)NC(=O)C(c2ccccc2)c2ccccc2)c1. The van der Waals surface area contributed by atoms with Crippen molar-refractivity contribution in [3.8, 4) is 0 Å². The largest absolute Gasteiger partial charge is 0.332 e. The number of carbonyl (C=O) groups is 2. The Hall–Kier alpha value is -3.51. The molecule has 0 aliphatic heterocycles. The van der Waals surface area contributed by atoms with Crippen molar-refractivity contribution < 1.29 is 9.59 Å². The summed E-state index contributed by atoms with van der Waals surface area (Å²) in [5, 5.41) is 8.87. The predicted octanol–water partition coefficient (Wildman–Crippen LogP) is 5.07. The molecule has 3 N–H and O–H groups in total. The molecule has 3 aromatic rings. The van der Waals surface area contributed by atoms with Gasteiger partial charge in [0.1, 0.15) is 0 Å². The van der Waals surface area contributed by atoms with Crippen molar-refractivity contribution >= 4 is 40.5 Å². The van der Waals surface area contributed by atoms with Crippen molar-refractivity contribution in [2.75, 3.05) is 10.6 Å². The Balaban J connectivity index is 1.70. The van der Waals surface area contributed by atoms with Gasteiger partial charge in [-0.25, -0.2) is 0 Å². The normalized spacial score (nSPS) is 10.4. The number of thiocarbonyl (C=S) groups is 1. The monoisotopic (exact) mass is 431 g/mol. The third-order valence-electron chi connectivity index (χ3n) is 4.65. The molecule has 0 saturated carbocycles. The summed E-state index contributed by atoms with van der Waals surface area (Å²) in [7, 11) is 0. The van der Waals surface area contributed by atoms with Crippen molar-refractivity contribution in [1.82, 2.24) is 5.32 Å². The molecule has 0 spiro atoms. The average Bonchev–Trinajstić information content (AvgIpc) is 2.75. The summed E-state index contributed by atoms with van der Waals surface area (Å²) in [4.78, 5) is 25.0. The van der Waals surface area contributed by atoms with Crippen molar-refractivity contribution in [1.29, 1.82) is 0 Å². The van der Waals surface area contributed by atoms with Crippen molar-refractivity contribution in [2.45, 2.75) is 25.7 Å². The van der Waals surface area contributed by atoms with Crippen LogP contribution in [0.15, 0.2) is 84.9 Å². The van der Waals surface area contributed by atoms with Gasteiger partial charge in [0.05, 0.1) is 5.92 Å². The van der Waals surface area contributed by atoms with Gasteiger partial charge in [0.2, 0.25) is 11.8 Å². The molecule has 2 amide bonds. The molecule has 0 aromatic heterocycles. The Kier molecular flexibility index (Phi) is 7.90. The van der Waals surface area contributed by atoms with E-state index in [9.17, 15) is 9.59 Å². The van der Waals surface area contributed by atoms with Gasteiger partial charge < -0.3 is 16.0 Å². The standard InChI is InChI=1S/C25H25N3O2S/c1-2-10-22(29)26-20-15-9-16-21(17-20)27-25(31)28-24(30)23(18-11-5-3-6-12-18)19-13-7-4-8-14-19/h3-9,11-17,23H,2,10H2,1H3,(H,26,29)(H2,27,28,30,31). The van der Waals surface area contributed by atoms with Gasteiger partial charge in [-0.15, -0.1) is 0 Å². The van der Waals surface area contributed by atoms with E-state index >= 15 is 0 Å². The molecule has 0 aliphatic carbocycles. The smallest absolute Gasteiger partial charge is 0.238 e. The molecule has 0 saturated heterocycles. The van der Waals surface area contributed by atoms with Crippen LogP contribution in [-0.4, -0.2) is 16.9 Å². The molecular formula is C25H25N3O2S. The summed E-state index contributed by atoms with van der Waals surface area (Å²) in [6.45, 7) is 1.96. The van der Waals surface area contributed by atoms with Crippen LogP contribution in [0.4, 0.5) is 11.4 Å². The zero-order valence-corrected chi connectivity index (χ0v) is 18.1. The first-order valence-corrected chi connectivity index (χ1v) is 10.6. The highest BCUT2D eigenvalue weighted by molar-refractivity contribution is 7.80. The lowest BCUT2D eigenvalue weighted by atomic mass is 9.90. The van der Waals surface area contributed by atoms with E-state index in [-0.39, 0.29) is 16.9 Å². The zero-order chi connectivity index (χ0) is 22.1. The Morgan fingerprint density at radius 2 is 1.35 bits per heavy atom. The van der Waals surface area contributed by atoms with Crippen LogP contribution in [-0.2, 0) is 9.59 Å². The van der Waals surface area contributed by atoms with Crippen LogP contribution in [0.25, 0.3) is 0 Å². The molecule has 6 heteroatoms. The maximum atomic E-state index is 13.1. The topological polar surface area (TPSA) is 70.2 Å². The minimum Gasteiger partial charge on any atom is -0.332 e. The molecule has 5 nitrogen and oxygen atoms in total. The van der Waals surface area contributed by atoms with E-state index in [1.54, 1.807) is 12.1 Å². The predicted molar refractivity (Wildman–Crippen MR) is 129 cm³/mol. The number of carbonyl (C=O) groups excluding carboxylic acids is 2. The summed E-state index contributed by atoms with van der Waals surface area (Å²) >= 11 is 5.37. The van der Waals surface area contributed by atoms with E-state index in [1.807, 2.05) is 79.7 Å². The van der Waals surface area contributed by atoms with Crippen LogP contribution < -0.4 is 16.0 Å². The van der Waals surface area contributed by atoms with E-state index in [0.717, 1.165) is 17.5 Å². The molecule has 31 heavy (non-hydrogen) atoms. The number of hydrogen-bond acceptors (Lipinski definition) is 3. The maximum absolute atomic E-state index is 13.1. The number of rotatable bonds is 7. The summed E-state index contributed by atoms with van der Waals surface area (Å²) in [5.41, 5.74) is 3.11.